The first-order valence-electron chi connectivity index (χ1n) is 5.45. The monoisotopic (exact) mass is 208 g/mol. The van der Waals surface area contributed by atoms with Gasteiger partial charge in [0.15, 0.2) is 0 Å². The lowest BCUT2D eigenvalue weighted by atomic mass is 10.1. The summed E-state index contributed by atoms with van der Waals surface area (Å²) in [4.78, 5) is 0. The van der Waals surface area contributed by atoms with E-state index < -0.39 is 0 Å². The van der Waals surface area contributed by atoms with Crippen LogP contribution in [0, 0.1) is 12.7 Å². The molecule has 0 amide bonds. The van der Waals surface area contributed by atoms with Gasteiger partial charge in [0, 0.05) is 23.3 Å². The van der Waals surface area contributed by atoms with Gasteiger partial charge >= 0.3 is 0 Å². The zero-order valence-electron chi connectivity index (χ0n) is 8.96. The third-order valence-electron chi connectivity index (χ3n) is 3.18. The fourth-order valence-corrected chi connectivity index (χ4v) is 2.13. The molecule has 2 atom stereocenters. The van der Waals surface area contributed by atoms with E-state index in [0.717, 1.165) is 24.9 Å². The van der Waals surface area contributed by atoms with Crippen molar-refractivity contribution in [3.63, 3.8) is 0 Å². The Bertz CT molecular complexity index is 351. The van der Waals surface area contributed by atoms with Crippen LogP contribution in [0.1, 0.15) is 24.8 Å². The summed E-state index contributed by atoms with van der Waals surface area (Å²) in [7, 11) is 0. The normalized spacial score (nSPS) is 25.5. The molecule has 0 bridgehead atoms. The first-order chi connectivity index (χ1) is 7.18. The Balaban J connectivity index is 2.13. The van der Waals surface area contributed by atoms with Crippen molar-refractivity contribution in [2.75, 3.05) is 5.32 Å². The van der Waals surface area contributed by atoms with Crippen LogP contribution >= 0.6 is 0 Å². The van der Waals surface area contributed by atoms with E-state index in [1.54, 1.807) is 13.0 Å². The second-order valence-electron chi connectivity index (χ2n) is 4.26. The molecule has 1 fully saturated rings. The highest BCUT2D eigenvalue weighted by atomic mass is 19.1. The van der Waals surface area contributed by atoms with Crippen molar-refractivity contribution in [2.24, 2.45) is 5.73 Å². The van der Waals surface area contributed by atoms with Crippen LogP contribution in [-0.2, 0) is 0 Å². The van der Waals surface area contributed by atoms with Crippen molar-refractivity contribution >= 4 is 5.69 Å². The third-order valence-corrected chi connectivity index (χ3v) is 3.18. The van der Waals surface area contributed by atoms with Crippen LogP contribution in [0.4, 0.5) is 10.1 Å². The van der Waals surface area contributed by atoms with Crippen LogP contribution in [0.5, 0.6) is 0 Å². The topological polar surface area (TPSA) is 38.0 Å². The highest BCUT2D eigenvalue weighted by Crippen LogP contribution is 2.24. The Morgan fingerprint density at radius 1 is 1.40 bits per heavy atom. The Hall–Kier alpha value is -1.09. The summed E-state index contributed by atoms with van der Waals surface area (Å²) < 4.78 is 13.3. The molecule has 0 unspecified atom stereocenters. The smallest absolute Gasteiger partial charge is 0.128 e. The molecule has 82 valence electrons. The molecule has 0 spiro atoms. The molecule has 2 rings (SSSR count). The lowest BCUT2D eigenvalue weighted by Crippen LogP contribution is -2.35. The van der Waals surface area contributed by atoms with Crippen LogP contribution in [0.15, 0.2) is 18.2 Å². The zero-order chi connectivity index (χ0) is 10.8. The molecule has 0 radical (unpaired) electrons. The zero-order valence-corrected chi connectivity index (χ0v) is 8.96. The molecule has 1 aromatic carbocycles. The molecule has 0 aromatic heterocycles. The second-order valence-corrected chi connectivity index (χ2v) is 4.26. The van der Waals surface area contributed by atoms with E-state index in [-0.39, 0.29) is 11.9 Å². The maximum absolute atomic E-state index is 13.3. The number of nitrogens with two attached hydrogens (primary N) is 1. The average molecular weight is 208 g/mol. The molecule has 2 nitrogen and oxygen atoms in total. The van der Waals surface area contributed by atoms with Crippen molar-refractivity contribution in [1.82, 2.24) is 0 Å². The number of nitrogens with one attached hydrogen (secondary N) is 1. The molecular weight excluding hydrogens is 191 g/mol. The molecule has 0 heterocycles. The van der Waals surface area contributed by atoms with Crippen molar-refractivity contribution in [3.8, 4) is 0 Å². The fraction of sp³-hybridized carbons (Fsp3) is 0.500. The van der Waals surface area contributed by atoms with E-state index in [9.17, 15) is 4.39 Å². The summed E-state index contributed by atoms with van der Waals surface area (Å²) >= 11 is 0. The summed E-state index contributed by atoms with van der Waals surface area (Å²) in [6.07, 6.45) is 3.30. The van der Waals surface area contributed by atoms with Gasteiger partial charge in [-0.1, -0.05) is 6.07 Å². The minimum Gasteiger partial charge on any atom is -0.380 e. The van der Waals surface area contributed by atoms with Gasteiger partial charge in [-0.15, -0.1) is 0 Å². The van der Waals surface area contributed by atoms with Gasteiger partial charge in [-0.25, -0.2) is 4.39 Å². The van der Waals surface area contributed by atoms with E-state index in [2.05, 4.69) is 5.32 Å². The largest absolute Gasteiger partial charge is 0.380 e. The first-order valence-corrected chi connectivity index (χ1v) is 5.45. The number of hydrogen-bond acceptors (Lipinski definition) is 2. The molecule has 3 N–H and O–H groups in total. The summed E-state index contributed by atoms with van der Waals surface area (Å²) in [5.74, 6) is -0.161. The van der Waals surface area contributed by atoms with Gasteiger partial charge in [0.2, 0.25) is 0 Å². The third kappa shape index (κ3) is 2.12. The fourth-order valence-electron chi connectivity index (χ4n) is 2.13. The highest BCUT2D eigenvalue weighted by molar-refractivity contribution is 5.52. The molecule has 1 aliphatic rings. The Morgan fingerprint density at radius 2 is 2.20 bits per heavy atom. The Labute approximate surface area is 89.7 Å². The van der Waals surface area contributed by atoms with Gasteiger partial charge in [0.1, 0.15) is 5.82 Å². The van der Waals surface area contributed by atoms with Crippen molar-refractivity contribution in [1.29, 1.82) is 0 Å². The quantitative estimate of drug-likeness (QED) is 0.783. The van der Waals surface area contributed by atoms with Crippen LogP contribution < -0.4 is 11.1 Å². The maximum atomic E-state index is 13.3. The standard InChI is InChI=1S/C12H17FN2/c1-8-9(13)4-2-6-11(8)15-12-7-3-5-10(12)14/h2,4,6,10,12,15H,3,5,7,14H2,1H3/t10-,12-/m0/s1. The molecule has 1 aliphatic carbocycles. The van der Waals surface area contributed by atoms with Gasteiger partial charge in [-0.05, 0) is 38.3 Å². The second kappa shape index (κ2) is 4.19. The maximum Gasteiger partial charge on any atom is 0.128 e. The molecule has 0 aliphatic heterocycles. The van der Waals surface area contributed by atoms with Crippen LogP contribution in [0.2, 0.25) is 0 Å². The van der Waals surface area contributed by atoms with Crippen LogP contribution in [0.25, 0.3) is 0 Å². The number of hydrogen-bond donors (Lipinski definition) is 2. The lowest BCUT2D eigenvalue weighted by molar-refractivity contribution is 0.613. The number of rotatable bonds is 2. The highest BCUT2D eigenvalue weighted by Gasteiger charge is 2.23. The van der Waals surface area contributed by atoms with Crippen LogP contribution in [0.3, 0.4) is 0 Å². The molecule has 15 heavy (non-hydrogen) atoms. The summed E-state index contributed by atoms with van der Waals surface area (Å²) in [6.45, 7) is 1.79. The molecular formula is C12H17FN2. The lowest BCUT2D eigenvalue weighted by Gasteiger charge is -2.20. The Kier molecular flexibility index (Phi) is 2.91. The van der Waals surface area contributed by atoms with Gasteiger partial charge in [0.25, 0.3) is 0 Å². The Morgan fingerprint density at radius 3 is 2.87 bits per heavy atom. The van der Waals surface area contributed by atoms with E-state index in [1.165, 1.54) is 6.07 Å². The first kappa shape index (κ1) is 10.4. The summed E-state index contributed by atoms with van der Waals surface area (Å²) in [5, 5.41) is 3.33. The van der Waals surface area contributed by atoms with Crippen molar-refractivity contribution in [2.45, 2.75) is 38.3 Å². The molecule has 1 aromatic rings. The minimum absolute atomic E-state index is 0.161. The van der Waals surface area contributed by atoms with Gasteiger partial charge < -0.3 is 11.1 Å². The molecule has 3 heteroatoms. The summed E-state index contributed by atoms with van der Waals surface area (Å²) in [6, 6.07) is 5.61. The summed E-state index contributed by atoms with van der Waals surface area (Å²) in [5.41, 5.74) is 7.51. The average Bonchev–Trinajstić information content (AvgIpc) is 2.60. The predicted octanol–water partition coefficient (Wildman–Crippen LogP) is 2.43. The van der Waals surface area contributed by atoms with E-state index in [0.29, 0.717) is 11.6 Å². The van der Waals surface area contributed by atoms with E-state index in [1.807, 2.05) is 6.07 Å². The van der Waals surface area contributed by atoms with Crippen molar-refractivity contribution < 1.29 is 4.39 Å². The molecule has 0 saturated heterocycles. The number of anilines is 1. The number of halogens is 1. The van der Waals surface area contributed by atoms with E-state index in [4.69, 9.17) is 5.73 Å². The van der Waals surface area contributed by atoms with Gasteiger partial charge in [-0.3, -0.25) is 0 Å². The minimum atomic E-state index is -0.161. The SMILES string of the molecule is Cc1c(F)cccc1N[C@H]1CCC[C@@H]1N. The number of benzene rings is 1. The van der Waals surface area contributed by atoms with Crippen molar-refractivity contribution in [3.05, 3.63) is 29.6 Å². The molecule has 1 saturated carbocycles. The van der Waals surface area contributed by atoms with Gasteiger partial charge in [0.05, 0.1) is 0 Å². The van der Waals surface area contributed by atoms with Crippen LogP contribution in [-0.4, -0.2) is 12.1 Å². The van der Waals surface area contributed by atoms with Gasteiger partial charge in [-0.2, -0.15) is 0 Å². The van der Waals surface area contributed by atoms with E-state index >= 15 is 0 Å². The predicted molar refractivity (Wildman–Crippen MR) is 60.4 cm³/mol.